The van der Waals surface area contributed by atoms with Crippen LogP contribution in [0.1, 0.15) is 17.4 Å². The molecule has 0 spiro atoms. The lowest BCUT2D eigenvalue weighted by atomic mass is 10.1. The summed E-state index contributed by atoms with van der Waals surface area (Å²) in [5.41, 5.74) is 0.243. The second-order valence-electron chi connectivity index (χ2n) is 11.7. The molecular formula is C29H37ClN4O8S2Si. The minimum atomic E-state index is -4.41. The number of aliphatic hydroxyl groups excluding tert-OH is 1. The van der Waals surface area contributed by atoms with Crippen molar-refractivity contribution in [2.45, 2.75) is 43.6 Å². The second kappa shape index (κ2) is 13.2. The first kappa shape index (κ1) is 34.5. The van der Waals surface area contributed by atoms with Crippen LogP contribution < -0.4 is 13.8 Å². The van der Waals surface area contributed by atoms with Crippen LogP contribution in [0.4, 0.5) is 5.95 Å². The number of para-hydroxylation sites is 1. The lowest BCUT2D eigenvalue weighted by Gasteiger charge is -2.28. The molecule has 244 valence electrons. The standard InChI is InChI=1S/C29H37ClN4O8S2Si/c1-19-11-14-25(42-19)28-31-32-29(34(28)27-23(40-2)9-8-10-24(27)41-3)33(15-16-45(5,6)7)44(38,39)18-22(35)21-13-12-20(30)17-26(21)43(4,36)37/h8-14,17,22,35H,15-16,18H2,1-7H3/t22-/m1/s1. The summed E-state index contributed by atoms with van der Waals surface area (Å²) >= 11 is 6.04. The van der Waals surface area contributed by atoms with Crippen molar-refractivity contribution in [3.8, 4) is 28.8 Å². The highest BCUT2D eigenvalue weighted by Crippen LogP contribution is 2.40. The Morgan fingerprint density at radius 3 is 2.20 bits per heavy atom. The number of aliphatic hydroxyl groups is 1. The number of aryl methyl sites for hydroxylation is 1. The number of hydrogen-bond acceptors (Lipinski definition) is 10. The van der Waals surface area contributed by atoms with Crippen LogP contribution in [0, 0.1) is 6.92 Å². The quantitative estimate of drug-likeness (QED) is 0.186. The van der Waals surface area contributed by atoms with Gasteiger partial charge in [-0.3, -0.25) is 4.57 Å². The van der Waals surface area contributed by atoms with Gasteiger partial charge in [0.05, 0.1) is 31.0 Å². The maximum Gasteiger partial charge on any atom is 0.246 e. The number of halogens is 1. The number of aromatic nitrogens is 3. The number of hydrogen-bond donors (Lipinski definition) is 1. The van der Waals surface area contributed by atoms with Gasteiger partial charge in [-0.05, 0) is 49.4 Å². The van der Waals surface area contributed by atoms with Gasteiger partial charge < -0.3 is 19.0 Å². The van der Waals surface area contributed by atoms with E-state index >= 15 is 0 Å². The molecule has 45 heavy (non-hydrogen) atoms. The summed E-state index contributed by atoms with van der Waals surface area (Å²) in [5.74, 6) is 0.861. The minimum absolute atomic E-state index is 0.0110. The number of furan rings is 1. The average Bonchev–Trinajstić information content (AvgIpc) is 3.57. The molecule has 1 atom stereocenters. The van der Waals surface area contributed by atoms with Crippen molar-refractivity contribution in [2.75, 3.05) is 37.1 Å². The van der Waals surface area contributed by atoms with Crippen LogP contribution in [0.15, 0.2) is 57.8 Å². The molecule has 0 radical (unpaired) electrons. The van der Waals surface area contributed by atoms with Gasteiger partial charge in [0.1, 0.15) is 22.9 Å². The molecule has 0 aliphatic heterocycles. The molecule has 0 aliphatic carbocycles. The Kier molecular flexibility index (Phi) is 10.1. The first-order valence-corrected chi connectivity index (χ1v) is 21.5. The third kappa shape index (κ3) is 7.72. The molecule has 16 heteroatoms. The van der Waals surface area contributed by atoms with Gasteiger partial charge in [-0.2, -0.15) is 0 Å². The van der Waals surface area contributed by atoms with E-state index in [2.05, 4.69) is 29.8 Å². The van der Waals surface area contributed by atoms with Crippen LogP contribution in [0.5, 0.6) is 11.5 Å². The van der Waals surface area contributed by atoms with Gasteiger partial charge in [-0.1, -0.05) is 43.4 Å². The van der Waals surface area contributed by atoms with E-state index in [0.29, 0.717) is 34.8 Å². The van der Waals surface area contributed by atoms with Gasteiger partial charge >= 0.3 is 0 Å². The highest BCUT2D eigenvalue weighted by Gasteiger charge is 2.36. The Bertz CT molecular complexity index is 1880. The van der Waals surface area contributed by atoms with Crippen molar-refractivity contribution in [1.82, 2.24) is 14.8 Å². The molecule has 1 N–H and O–H groups in total. The van der Waals surface area contributed by atoms with E-state index in [-0.39, 0.29) is 33.8 Å². The molecule has 0 saturated heterocycles. The first-order chi connectivity index (χ1) is 21.0. The van der Waals surface area contributed by atoms with E-state index < -0.39 is 39.8 Å². The van der Waals surface area contributed by atoms with Gasteiger partial charge in [-0.15, -0.1) is 10.2 Å². The summed E-state index contributed by atoms with van der Waals surface area (Å²) in [6.45, 7) is 8.08. The van der Waals surface area contributed by atoms with Crippen molar-refractivity contribution in [1.29, 1.82) is 0 Å². The molecule has 4 rings (SSSR count). The number of rotatable bonds is 13. The Morgan fingerprint density at radius 2 is 1.67 bits per heavy atom. The topological polar surface area (TPSA) is 154 Å². The predicted octanol–water partition coefficient (Wildman–Crippen LogP) is 5.12. The number of methoxy groups -OCH3 is 2. The normalized spacial score (nSPS) is 13.1. The van der Waals surface area contributed by atoms with Gasteiger partial charge in [-0.25, -0.2) is 21.1 Å². The molecule has 0 aliphatic rings. The molecule has 0 saturated carbocycles. The van der Waals surface area contributed by atoms with Gasteiger partial charge in [0.25, 0.3) is 0 Å². The maximum absolute atomic E-state index is 14.3. The fraction of sp³-hybridized carbons (Fsp3) is 0.379. The minimum Gasteiger partial charge on any atom is -0.494 e. The van der Waals surface area contributed by atoms with Crippen LogP contribution in [-0.4, -0.2) is 77.6 Å². The van der Waals surface area contributed by atoms with E-state index in [1.807, 2.05) is 0 Å². The monoisotopic (exact) mass is 696 g/mol. The molecule has 2 aromatic carbocycles. The predicted molar refractivity (Wildman–Crippen MR) is 176 cm³/mol. The van der Waals surface area contributed by atoms with Crippen molar-refractivity contribution in [3.05, 3.63) is 64.9 Å². The number of ether oxygens (including phenoxy) is 2. The van der Waals surface area contributed by atoms with Gasteiger partial charge in [0, 0.05) is 31.5 Å². The van der Waals surface area contributed by atoms with E-state index in [1.165, 1.54) is 37.0 Å². The molecule has 4 aromatic rings. The van der Waals surface area contributed by atoms with E-state index in [0.717, 1.165) is 10.6 Å². The molecule has 2 aromatic heterocycles. The maximum atomic E-state index is 14.3. The average molecular weight is 697 g/mol. The third-order valence-electron chi connectivity index (χ3n) is 6.96. The smallest absolute Gasteiger partial charge is 0.246 e. The van der Waals surface area contributed by atoms with Crippen molar-refractivity contribution in [3.63, 3.8) is 0 Å². The Hall–Kier alpha value is -3.37. The van der Waals surface area contributed by atoms with Gasteiger partial charge in [0.15, 0.2) is 15.6 Å². The lowest BCUT2D eigenvalue weighted by molar-refractivity contribution is 0.198. The lowest BCUT2D eigenvalue weighted by Crippen LogP contribution is -2.40. The highest BCUT2D eigenvalue weighted by atomic mass is 35.5. The van der Waals surface area contributed by atoms with E-state index in [4.69, 9.17) is 25.5 Å². The summed E-state index contributed by atoms with van der Waals surface area (Å²) in [5, 5.41) is 20.1. The van der Waals surface area contributed by atoms with Crippen molar-refractivity contribution < 1.29 is 35.8 Å². The molecule has 2 heterocycles. The molecule has 0 amide bonds. The number of nitrogens with zero attached hydrogens (tertiary/aromatic N) is 4. The summed E-state index contributed by atoms with van der Waals surface area (Å²) in [4.78, 5) is -0.260. The van der Waals surface area contributed by atoms with Crippen LogP contribution in [0.2, 0.25) is 30.7 Å². The number of sulfone groups is 1. The molecule has 12 nitrogen and oxygen atoms in total. The summed E-state index contributed by atoms with van der Waals surface area (Å²) in [7, 11) is -7.17. The molecular weight excluding hydrogens is 660 g/mol. The van der Waals surface area contributed by atoms with Crippen molar-refractivity contribution in [2.24, 2.45) is 0 Å². The summed E-state index contributed by atoms with van der Waals surface area (Å²) < 4.78 is 73.5. The highest BCUT2D eigenvalue weighted by molar-refractivity contribution is 7.92. The van der Waals surface area contributed by atoms with Crippen LogP contribution in [0.3, 0.4) is 0 Å². The molecule has 0 bridgehead atoms. The van der Waals surface area contributed by atoms with Crippen LogP contribution >= 0.6 is 11.6 Å². The summed E-state index contributed by atoms with van der Waals surface area (Å²) in [6.07, 6.45) is -0.749. The Labute approximate surface area is 269 Å². The zero-order valence-corrected chi connectivity index (χ0v) is 29.5. The SMILES string of the molecule is COc1cccc(OC)c1-n1c(-c2ccc(C)o2)nnc1N(CC[Si](C)(C)C)S(=O)(=O)C[C@@H](O)c1ccc(Cl)cc1S(C)(=O)=O. The third-order valence-corrected chi connectivity index (χ3v) is 11.8. The Balaban J connectivity index is 1.95. The number of anilines is 1. The number of benzene rings is 2. The molecule has 0 unspecified atom stereocenters. The Morgan fingerprint density at radius 1 is 1.02 bits per heavy atom. The number of sulfonamides is 1. The van der Waals surface area contributed by atoms with Crippen LogP contribution in [-0.2, 0) is 19.9 Å². The zero-order chi connectivity index (χ0) is 33.3. The largest absolute Gasteiger partial charge is 0.494 e. The van der Waals surface area contributed by atoms with E-state index in [1.54, 1.807) is 37.3 Å². The van der Waals surface area contributed by atoms with Crippen LogP contribution in [0.25, 0.3) is 17.3 Å². The first-order valence-electron chi connectivity index (χ1n) is 13.9. The van der Waals surface area contributed by atoms with Gasteiger partial charge in [0.2, 0.25) is 21.8 Å². The fourth-order valence-corrected chi connectivity index (χ4v) is 8.46. The zero-order valence-electron chi connectivity index (χ0n) is 26.1. The summed E-state index contributed by atoms with van der Waals surface area (Å²) in [6, 6.07) is 13.0. The fourth-order valence-electron chi connectivity index (χ4n) is 4.69. The van der Waals surface area contributed by atoms with Crippen molar-refractivity contribution >= 4 is 45.5 Å². The van der Waals surface area contributed by atoms with E-state index in [9.17, 15) is 21.9 Å². The molecule has 0 fully saturated rings. The second-order valence-corrected chi connectivity index (χ2v) is 21.7.